The third kappa shape index (κ3) is 2.45. The van der Waals surface area contributed by atoms with E-state index in [4.69, 9.17) is 4.74 Å². The Bertz CT molecular complexity index is 399. The largest absolute Gasteiger partial charge is 0.496 e. The molecular weight excluding hydrogens is 260 g/mol. The number of benzene rings is 1. The molecule has 0 heterocycles. The minimum absolute atomic E-state index is 0.0606. The molecule has 0 bridgehead atoms. The second-order valence-corrected chi connectivity index (χ2v) is 3.63. The lowest BCUT2D eigenvalue weighted by molar-refractivity contribution is 0.102. The minimum Gasteiger partial charge on any atom is -0.496 e. The van der Waals surface area contributed by atoms with Crippen LogP contribution in [-0.4, -0.2) is 24.5 Å². The van der Waals surface area contributed by atoms with Gasteiger partial charge in [-0.05, 0) is 19.1 Å². The van der Waals surface area contributed by atoms with Gasteiger partial charge < -0.3 is 4.74 Å². The number of carbonyl (C=O) groups excluding carboxylic acids is 2. The number of halogens is 1. The van der Waals surface area contributed by atoms with E-state index >= 15 is 0 Å². The molecule has 0 amide bonds. The minimum atomic E-state index is -0.0606. The first-order valence-corrected chi connectivity index (χ1v) is 5.49. The number of hydrogen-bond donors (Lipinski definition) is 0. The second-order valence-electron chi connectivity index (χ2n) is 3.07. The van der Waals surface area contributed by atoms with Crippen molar-refractivity contribution in [1.29, 1.82) is 0 Å². The Morgan fingerprint density at radius 2 is 2.20 bits per heavy atom. The molecule has 0 aromatic heterocycles. The zero-order valence-corrected chi connectivity index (χ0v) is 10.1. The Morgan fingerprint density at radius 3 is 2.67 bits per heavy atom. The van der Waals surface area contributed by atoms with Crippen molar-refractivity contribution >= 4 is 28.0 Å². The van der Waals surface area contributed by atoms with Gasteiger partial charge in [0.1, 0.15) is 12.0 Å². The van der Waals surface area contributed by atoms with Gasteiger partial charge in [0.2, 0.25) is 0 Å². The molecule has 0 saturated carbocycles. The fourth-order valence-electron chi connectivity index (χ4n) is 1.35. The third-order valence-corrected chi connectivity index (χ3v) is 2.67. The van der Waals surface area contributed by atoms with Crippen LogP contribution in [0.25, 0.3) is 0 Å². The molecule has 0 saturated heterocycles. The highest BCUT2D eigenvalue weighted by atomic mass is 79.9. The molecule has 0 spiro atoms. The van der Waals surface area contributed by atoms with Crippen molar-refractivity contribution in [1.82, 2.24) is 0 Å². The molecule has 0 N–H and O–H groups in total. The molecule has 1 rings (SSSR count). The fourth-order valence-corrected chi connectivity index (χ4v) is 1.65. The zero-order valence-electron chi connectivity index (χ0n) is 8.54. The van der Waals surface area contributed by atoms with E-state index in [-0.39, 0.29) is 11.1 Å². The predicted molar refractivity (Wildman–Crippen MR) is 61.2 cm³/mol. The SMILES string of the molecule is COc1cc(C=O)cc(C(=O)CBr)c1C. The molecule has 0 aliphatic heterocycles. The van der Waals surface area contributed by atoms with Crippen LogP contribution in [0.4, 0.5) is 0 Å². The average Bonchev–Trinajstić information content (AvgIpc) is 2.28. The van der Waals surface area contributed by atoms with Gasteiger partial charge >= 0.3 is 0 Å². The number of ether oxygens (including phenoxy) is 1. The van der Waals surface area contributed by atoms with Crippen molar-refractivity contribution in [3.8, 4) is 5.75 Å². The Balaban J connectivity index is 3.36. The monoisotopic (exact) mass is 270 g/mol. The van der Waals surface area contributed by atoms with Gasteiger partial charge in [-0.25, -0.2) is 0 Å². The highest BCUT2D eigenvalue weighted by molar-refractivity contribution is 9.09. The van der Waals surface area contributed by atoms with Crippen molar-refractivity contribution in [3.05, 3.63) is 28.8 Å². The topological polar surface area (TPSA) is 43.4 Å². The summed E-state index contributed by atoms with van der Waals surface area (Å²) in [5.74, 6) is 0.499. The normalized spacial score (nSPS) is 9.80. The number of ketones is 1. The molecule has 15 heavy (non-hydrogen) atoms. The van der Waals surface area contributed by atoms with E-state index in [9.17, 15) is 9.59 Å². The number of aldehydes is 1. The number of rotatable bonds is 4. The van der Waals surface area contributed by atoms with E-state index < -0.39 is 0 Å². The lowest BCUT2D eigenvalue weighted by Crippen LogP contribution is -2.05. The lowest BCUT2D eigenvalue weighted by atomic mass is 10.0. The lowest BCUT2D eigenvalue weighted by Gasteiger charge is -2.09. The third-order valence-electron chi connectivity index (χ3n) is 2.16. The van der Waals surface area contributed by atoms with Crippen LogP contribution in [0.3, 0.4) is 0 Å². The highest BCUT2D eigenvalue weighted by Gasteiger charge is 2.13. The van der Waals surface area contributed by atoms with Crippen LogP contribution in [0.1, 0.15) is 26.3 Å². The molecule has 1 aromatic rings. The van der Waals surface area contributed by atoms with E-state index in [2.05, 4.69) is 15.9 Å². The molecular formula is C11H11BrO3. The van der Waals surface area contributed by atoms with Crippen LogP contribution < -0.4 is 4.74 Å². The van der Waals surface area contributed by atoms with Crippen LogP contribution in [0.5, 0.6) is 5.75 Å². The standard InChI is InChI=1S/C11H11BrO3/c1-7-9(10(14)5-12)3-8(6-13)4-11(7)15-2/h3-4,6H,5H2,1-2H3. The summed E-state index contributed by atoms with van der Waals surface area (Å²) in [5.41, 5.74) is 1.72. The maximum atomic E-state index is 11.6. The molecule has 4 heteroatoms. The van der Waals surface area contributed by atoms with Crippen molar-refractivity contribution in [2.45, 2.75) is 6.92 Å². The summed E-state index contributed by atoms with van der Waals surface area (Å²) in [4.78, 5) is 22.2. The van der Waals surface area contributed by atoms with E-state index in [0.29, 0.717) is 23.2 Å². The van der Waals surface area contributed by atoms with E-state index in [1.165, 1.54) is 7.11 Å². The van der Waals surface area contributed by atoms with Gasteiger partial charge in [0, 0.05) is 16.7 Å². The molecule has 0 aliphatic carbocycles. The average molecular weight is 271 g/mol. The van der Waals surface area contributed by atoms with Crippen molar-refractivity contribution in [2.24, 2.45) is 0 Å². The van der Waals surface area contributed by atoms with Gasteiger partial charge in [0.15, 0.2) is 5.78 Å². The Kier molecular flexibility index (Phi) is 4.03. The molecule has 1 aromatic carbocycles. The van der Waals surface area contributed by atoms with Crippen molar-refractivity contribution in [2.75, 3.05) is 12.4 Å². The van der Waals surface area contributed by atoms with Gasteiger partial charge in [0.05, 0.1) is 12.4 Å². The van der Waals surface area contributed by atoms with Gasteiger partial charge in [-0.3, -0.25) is 9.59 Å². The van der Waals surface area contributed by atoms with Crippen LogP contribution in [-0.2, 0) is 0 Å². The summed E-state index contributed by atoms with van der Waals surface area (Å²) >= 11 is 3.10. The molecule has 0 radical (unpaired) electrons. The van der Waals surface area contributed by atoms with Gasteiger partial charge in [-0.15, -0.1) is 0 Å². The Hall–Kier alpha value is -1.16. The van der Waals surface area contributed by atoms with Crippen molar-refractivity contribution < 1.29 is 14.3 Å². The van der Waals surface area contributed by atoms with Crippen LogP contribution >= 0.6 is 15.9 Å². The molecule has 0 unspecified atom stereocenters. The van der Waals surface area contributed by atoms with Crippen LogP contribution in [0.2, 0.25) is 0 Å². The summed E-state index contributed by atoms with van der Waals surface area (Å²) in [7, 11) is 1.51. The quantitative estimate of drug-likeness (QED) is 0.479. The van der Waals surface area contributed by atoms with Crippen molar-refractivity contribution in [3.63, 3.8) is 0 Å². The summed E-state index contributed by atoms with van der Waals surface area (Å²) in [6.45, 7) is 1.79. The summed E-state index contributed by atoms with van der Waals surface area (Å²) in [6, 6.07) is 3.20. The molecule has 80 valence electrons. The van der Waals surface area contributed by atoms with Gasteiger partial charge in [-0.1, -0.05) is 15.9 Å². The van der Waals surface area contributed by atoms with Gasteiger partial charge in [-0.2, -0.15) is 0 Å². The smallest absolute Gasteiger partial charge is 0.173 e. The first-order chi connectivity index (χ1) is 7.13. The number of methoxy groups -OCH3 is 1. The first kappa shape index (κ1) is 11.9. The summed E-state index contributed by atoms with van der Waals surface area (Å²) < 4.78 is 5.10. The Labute approximate surface area is 96.6 Å². The molecule has 0 atom stereocenters. The molecule has 3 nitrogen and oxygen atoms in total. The number of Topliss-reactive ketones (excluding diaryl/α,β-unsaturated/α-hetero) is 1. The zero-order chi connectivity index (χ0) is 11.4. The first-order valence-electron chi connectivity index (χ1n) is 4.37. The fraction of sp³-hybridized carbons (Fsp3) is 0.273. The van der Waals surface area contributed by atoms with Crippen LogP contribution in [0, 0.1) is 6.92 Å². The van der Waals surface area contributed by atoms with E-state index in [0.717, 1.165) is 5.56 Å². The number of carbonyl (C=O) groups is 2. The molecule has 0 aliphatic rings. The second kappa shape index (κ2) is 5.07. The number of hydrogen-bond acceptors (Lipinski definition) is 3. The highest BCUT2D eigenvalue weighted by Crippen LogP contribution is 2.23. The maximum Gasteiger partial charge on any atom is 0.173 e. The summed E-state index contributed by atoms with van der Waals surface area (Å²) in [5, 5.41) is 0.235. The van der Waals surface area contributed by atoms with E-state index in [1.54, 1.807) is 19.1 Å². The van der Waals surface area contributed by atoms with Gasteiger partial charge in [0.25, 0.3) is 0 Å². The van der Waals surface area contributed by atoms with Crippen LogP contribution in [0.15, 0.2) is 12.1 Å². The Morgan fingerprint density at radius 1 is 1.53 bits per heavy atom. The summed E-state index contributed by atoms with van der Waals surface area (Å²) in [6.07, 6.45) is 0.701. The predicted octanol–water partition coefficient (Wildman–Crippen LogP) is 2.39. The molecule has 0 fully saturated rings. The maximum absolute atomic E-state index is 11.6. The number of alkyl halides is 1. The van der Waals surface area contributed by atoms with E-state index in [1.807, 2.05) is 0 Å².